The van der Waals surface area contributed by atoms with E-state index in [4.69, 9.17) is 0 Å². The Labute approximate surface area is 150 Å². The molecule has 1 N–H and O–H groups in total. The van der Waals surface area contributed by atoms with Gasteiger partial charge >= 0.3 is 0 Å². The van der Waals surface area contributed by atoms with E-state index in [0.717, 1.165) is 45.0 Å². The predicted molar refractivity (Wildman–Crippen MR) is 99.7 cm³/mol. The summed E-state index contributed by atoms with van der Waals surface area (Å²) in [7, 11) is 1.82. The molecule has 0 atom stereocenters. The molecule has 0 radical (unpaired) electrons. The fourth-order valence-corrected chi connectivity index (χ4v) is 3.94. The fraction of sp³-hybridized carbons (Fsp3) is 0.875. The van der Waals surface area contributed by atoms with Crippen molar-refractivity contribution >= 4 is 35.8 Å². The minimum atomic E-state index is 0. The number of rotatable bonds is 2. The first kappa shape index (κ1) is 17.8. The molecule has 2 aliphatic heterocycles. The maximum absolute atomic E-state index is 12.2. The van der Waals surface area contributed by atoms with Crippen LogP contribution < -0.4 is 5.32 Å². The number of aliphatic imine (C=N–C) groups is 1. The molecule has 3 rings (SSSR count). The smallest absolute Gasteiger partial charge is 0.241 e. The Hall–Kier alpha value is -0.530. The number of piperidine rings is 1. The summed E-state index contributed by atoms with van der Waals surface area (Å²) < 4.78 is 0. The lowest BCUT2D eigenvalue weighted by molar-refractivity contribution is -0.130. The molecule has 0 aromatic rings. The van der Waals surface area contributed by atoms with Crippen molar-refractivity contribution in [1.82, 2.24) is 15.1 Å². The fourth-order valence-electron chi connectivity index (χ4n) is 3.94. The maximum Gasteiger partial charge on any atom is 0.241 e. The highest BCUT2D eigenvalue weighted by molar-refractivity contribution is 14.0. The van der Waals surface area contributed by atoms with Gasteiger partial charge in [0.25, 0.3) is 0 Å². The number of carbonyl (C=O) groups excluding carboxylic acids is 1. The van der Waals surface area contributed by atoms with E-state index >= 15 is 0 Å². The van der Waals surface area contributed by atoms with E-state index in [2.05, 4.69) is 15.2 Å². The van der Waals surface area contributed by atoms with E-state index in [1.165, 1.54) is 32.1 Å². The zero-order valence-electron chi connectivity index (χ0n) is 13.6. The van der Waals surface area contributed by atoms with Crippen LogP contribution in [0.2, 0.25) is 0 Å². The Bertz CT molecular complexity index is 416. The van der Waals surface area contributed by atoms with Crippen molar-refractivity contribution < 1.29 is 4.79 Å². The second kappa shape index (κ2) is 7.84. The van der Waals surface area contributed by atoms with E-state index in [9.17, 15) is 4.79 Å². The Morgan fingerprint density at radius 1 is 1.05 bits per heavy atom. The zero-order valence-corrected chi connectivity index (χ0v) is 16.0. The molecule has 6 heteroatoms. The molecule has 126 valence electrons. The van der Waals surface area contributed by atoms with Crippen molar-refractivity contribution in [2.24, 2.45) is 10.4 Å². The number of likely N-dealkylation sites (tertiary alicyclic amines) is 2. The van der Waals surface area contributed by atoms with Crippen LogP contribution in [-0.4, -0.2) is 61.4 Å². The normalized spacial score (nSPS) is 24.0. The molecule has 3 fully saturated rings. The van der Waals surface area contributed by atoms with Crippen LogP contribution in [-0.2, 0) is 4.79 Å². The quantitative estimate of drug-likeness (QED) is 0.423. The van der Waals surface area contributed by atoms with Crippen LogP contribution in [0.25, 0.3) is 0 Å². The molecule has 0 unspecified atom stereocenters. The lowest BCUT2D eigenvalue weighted by Crippen LogP contribution is -2.47. The van der Waals surface area contributed by atoms with E-state index in [1.807, 2.05) is 11.9 Å². The van der Waals surface area contributed by atoms with Crippen molar-refractivity contribution in [3.8, 4) is 0 Å². The minimum Gasteiger partial charge on any atom is -0.347 e. The van der Waals surface area contributed by atoms with Crippen molar-refractivity contribution in [3.05, 3.63) is 0 Å². The van der Waals surface area contributed by atoms with E-state index < -0.39 is 0 Å². The van der Waals surface area contributed by atoms with Gasteiger partial charge in [-0.05, 0) is 43.9 Å². The van der Waals surface area contributed by atoms with Gasteiger partial charge in [0.1, 0.15) is 0 Å². The third kappa shape index (κ3) is 3.86. The van der Waals surface area contributed by atoms with E-state index in [0.29, 0.717) is 12.0 Å². The van der Waals surface area contributed by atoms with Crippen molar-refractivity contribution in [2.75, 3.05) is 39.8 Å². The third-order valence-corrected chi connectivity index (χ3v) is 5.47. The molecule has 2 saturated heterocycles. The van der Waals surface area contributed by atoms with Gasteiger partial charge in [-0.3, -0.25) is 9.79 Å². The van der Waals surface area contributed by atoms with Crippen LogP contribution >= 0.6 is 24.0 Å². The van der Waals surface area contributed by atoms with Crippen LogP contribution in [0.15, 0.2) is 4.99 Å². The van der Waals surface area contributed by atoms with Gasteiger partial charge in [0.15, 0.2) is 5.96 Å². The largest absolute Gasteiger partial charge is 0.347 e. The predicted octanol–water partition coefficient (Wildman–Crippen LogP) is 2.07. The Morgan fingerprint density at radius 2 is 1.77 bits per heavy atom. The highest BCUT2D eigenvalue weighted by Gasteiger charge is 2.43. The van der Waals surface area contributed by atoms with E-state index in [1.54, 1.807) is 0 Å². The second-order valence-electron chi connectivity index (χ2n) is 6.87. The summed E-state index contributed by atoms with van der Waals surface area (Å²) in [6.07, 6.45) is 8.96. The highest BCUT2D eigenvalue weighted by atomic mass is 127. The number of hydrogen-bond acceptors (Lipinski definition) is 2. The lowest BCUT2D eigenvalue weighted by Gasteiger charge is -2.38. The Morgan fingerprint density at radius 3 is 2.32 bits per heavy atom. The highest BCUT2D eigenvalue weighted by Crippen LogP contribution is 2.47. The molecule has 3 aliphatic rings. The van der Waals surface area contributed by atoms with Gasteiger partial charge < -0.3 is 15.1 Å². The van der Waals surface area contributed by atoms with Crippen LogP contribution in [0.1, 0.15) is 44.9 Å². The molecule has 1 saturated carbocycles. The molecule has 1 amide bonds. The SMILES string of the molecule is CN=C(NCC(=O)N1CCCCC1)N1CCC2(CCC2)C1.I. The topological polar surface area (TPSA) is 47.9 Å². The minimum absolute atomic E-state index is 0. The molecular formula is C16H29IN4O. The number of carbonyl (C=O) groups is 1. The zero-order chi connectivity index (χ0) is 14.7. The summed E-state index contributed by atoms with van der Waals surface area (Å²) >= 11 is 0. The molecule has 1 spiro atoms. The molecular weight excluding hydrogens is 391 g/mol. The van der Waals surface area contributed by atoms with Gasteiger partial charge in [-0.1, -0.05) is 6.42 Å². The van der Waals surface area contributed by atoms with Crippen LogP contribution in [0, 0.1) is 5.41 Å². The molecule has 2 heterocycles. The average Bonchev–Trinajstić information content (AvgIpc) is 2.94. The molecule has 0 aromatic heterocycles. The lowest BCUT2D eigenvalue weighted by atomic mass is 9.68. The molecule has 0 aromatic carbocycles. The maximum atomic E-state index is 12.2. The summed E-state index contributed by atoms with van der Waals surface area (Å²) in [5.41, 5.74) is 0.564. The van der Waals surface area contributed by atoms with Crippen molar-refractivity contribution in [3.63, 3.8) is 0 Å². The number of halogens is 1. The van der Waals surface area contributed by atoms with Crippen LogP contribution in [0.5, 0.6) is 0 Å². The van der Waals surface area contributed by atoms with Gasteiger partial charge in [0.05, 0.1) is 6.54 Å². The van der Waals surface area contributed by atoms with Crippen LogP contribution in [0.4, 0.5) is 0 Å². The first-order valence-corrected chi connectivity index (χ1v) is 8.46. The first-order valence-electron chi connectivity index (χ1n) is 8.46. The molecule has 5 nitrogen and oxygen atoms in total. The first-order chi connectivity index (χ1) is 10.2. The summed E-state index contributed by atoms with van der Waals surface area (Å²) in [5.74, 6) is 1.12. The summed E-state index contributed by atoms with van der Waals surface area (Å²) in [5, 5.41) is 3.28. The van der Waals surface area contributed by atoms with Gasteiger partial charge in [-0.2, -0.15) is 0 Å². The number of hydrogen-bond donors (Lipinski definition) is 1. The van der Waals surface area contributed by atoms with Gasteiger partial charge in [0, 0.05) is 33.2 Å². The summed E-state index contributed by atoms with van der Waals surface area (Å²) in [4.78, 5) is 20.9. The second-order valence-corrected chi connectivity index (χ2v) is 6.87. The number of nitrogens with one attached hydrogen (secondary N) is 1. The van der Waals surface area contributed by atoms with Crippen LogP contribution in [0.3, 0.4) is 0 Å². The van der Waals surface area contributed by atoms with Gasteiger partial charge in [-0.25, -0.2) is 0 Å². The van der Waals surface area contributed by atoms with Crippen molar-refractivity contribution in [1.29, 1.82) is 0 Å². The number of guanidine groups is 1. The van der Waals surface area contributed by atoms with E-state index in [-0.39, 0.29) is 29.9 Å². The Kier molecular flexibility index (Phi) is 6.35. The monoisotopic (exact) mass is 420 g/mol. The van der Waals surface area contributed by atoms with Gasteiger partial charge in [0.2, 0.25) is 5.91 Å². The number of amides is 1. The average molecular weight is 420 g/mol. The number of nitrogens with zero attached hydrogens (tertiary/aromatic N) is 3. The standard InChI is InChI=1S/C16H28N4O.HI/c1-17-15(20-11-8-16(13-20)6-5-7-16)18-12-14(21)19-9-3-2-4-10-19;/h2-13H2,1H3,(H,17,18);1H. The van der Waals surface area contributed by atoms with Gasteiger partial charge in [-0.15, -0.1) is 24.0 Å². The molecule has 0 bridgehead atoms. The molecule has 1 aliphatic carbocycles. The summed E-state index contributed by atoms with van der Waals surface area (Å²) in [6, 6.07) is 0. The Balaban J connectivity index is 0.00000176. The molecule has 22 heavy (non-hydrogen) atoms. The summed E-state index contributed by atoms with van der Waals surface area (Å²) in [6.45, 7) is 4.43. The third-order valence-electron chi connectivity index (χ3n) is 5.47. The van der Waals surface area contributed by atoms with Crippen molar-refractivity contribution in [2.45, 2.75) is 44.9 Å².